The van der Waals surface area contributed by atoms with E-state index < -0.39 is 17.3 Å². The highest BCUT2D eigenvalue weighted by Crippen LogP contribution is 2.30. The van der Waals surface area contributed by atoms with Crippen LogP contribution >= 0.6 is 0 Å². The summed E-state index contributed by atoms with van der Waals surface area (Å²) >= 11 is 0. The van der Waals surface area contributed by atoms with Crippen LogP contribution in [-0.4, -0.2) is 20.5 Å². The number of rotatable bonds is 5. The summed E-state index contributed by atoms with van der Waals surface area (Å²) in [7, 11) is 0. The second kappa shape index (κ2) is 7.75. The normalized spacial score (nSPS) is 11.6. The number of pyridine rings is 1. The van der Waals surface area contributed by atoms with Crippen molar-refractivity contribution in [1.82, 2.24) is 14.6 Å². The van der Waals surface area contributed by atoms with E-state index in [2.05, 4.69) is 15.4 Å². The van der Waals surface area contributed by atoms with Gasteiger partial charge in [0.25, 0.3) is 5.92 Å². The van der Waals surface area contributed by atoms with Gasteiger partial charge in [-0.1, -0.05) is 24.3 Å². The van der Waals surface area contributed by atoms with E-state index in [1.54, 1.807) is 22.8 Å². The molecule has 0 fully saturated rings. The minimum atomic E-state index is -3.29. The Morgan fingerprint density at radius 1 is 1.10 bits per heavy atom. The fraction of sp³-hybridized carbons (Fsp3) is 0.136. The molecular formula is C22H18F3N5O. The molecule has 9 heteroatoms. The molecule has 4 aromatic rings. The maximum Gasteiger partial charge on any atom is 0.273 e. The lowest BCUT2D eigenvalue weighted by atomic mass is 10.0. The zero-order valence-electron chi connectivity index (χ0n) is 16.4. The molecule has 1 amide bonds. The molecule has 4 rings (SSSR count). The lowest BCUT2D eigenvalue weighted by Crippen LogP contribution is -2.15. The molecule has 158 valence electrons. The molecule has 2 heterocycles. The van der Waals surface area contributed by atoms with Gasteiger partial charge in [0.1, 0.15) is 5.82 Å². The van der Waals surface area contributed by atoms with Crippen LogP contribution in [0.15, 0.2) is 60.8 Å². The first-order valence-electron chi connectivity index (χ1n) is 9.38. The predicted molar refractivity (Wildman–Crippen MR) is 111 cm³/mol. The molecule has 0 spiro atoms. The molecule has 31 heavy (non-hydrogen) atoms. The van der Waals surface area contributed by atoms with Gasteiger partial charge in [-0.3, -0.25) is 4.79 Å². The van der Waals surface area contributed by atoms with E-state index >= 15 is 0 Å². The second-order valence-corrected chi connectivity index (χ2v) is 7.19. The van der Waals surface area contributed by atoms with E-state index in [4.69, 9.17) is 5.73 Å². The number of carbonyl (C=O) groups excluding carboxylic acids is 1. The van der Waals surface area contributed by atoms with Crippen LogP contribution in [0, 0.1) is 5.82 Å². The summed E-state index contributed by atoms with van der Waals surface area (Å²) in [5.41, 5.74) is 8.21. The number of anilines is 2. The van der Waals surface area contributed by atoms with Crippen LogP contribution in [0.2, 0.25) is 0 Å². The first kappa shape index (κ1) is 20.4. The number of nitrogens with one attached hydrogen (secondary N) is 1. The van der Waals surface area contributed by atoms with E-state index in [1.807, 2.05) is 24.3 Å². The zero-order valence-corrected chi connectivity index (χ0v) is 16.4. The van der Waals surface area contributed by atoms with Crippen molar-refractivity contribution in [3.63, 3.8) is 0 Å². The third kappa shape index (κ3) is 4.50. The van der Waals surface area contributed by atoms with Crippen molar-refractivity contribution in [3.8, 4) is 11.1 Å². The highest BCUT2D eigenvalue weighted by molar-refractivity contribution is 5.92. The van der Waals surface area contributed by atoms with Gasteiger partial charge in [-0.05, 0) is 47.0 Å². The Morgan fingerprint density at radius 3 is 2.52 bits per heavy atom. The van der Waals surface area contributed by atoms with Gasteiger partial charge in [0.05, 0.1) is 12.0 Å². The number of benzene rings is 2. The Morgan fingerprint density at radius 2 is 1.84 bits per heavy atom. The molecule has 0 radical (unpaired) electrons. The number of hydrogen-bond donors (Lipinski definition) is 2. The quantitative estimate of drug-likeness (QED) is 0.496. The van der Waals surface area contributed by atoms with Crippen molar-refractivity contribution in [3.05, 3.63) is 77.7 Å². The van der Waals surface area contributed by atoms with Crippen LogP contribution < -0.4 is 11.1 Å². The van der Waals surface area contributed by atoms with Crippen molar-refractivity contribution in [2.75, 3.05) is 11.1 Å². The number of fused-ring (bicyclic) bond motifs is 1. The van der Waals surface area contributed by atoms with Crippen LogP contribution in [0.5, 0.6) is 0 Å². The third-order valence-corrected chi connectivity index (χ3v) is 4.73. The Labute approximate surface area is 175 Å². The Hall–Kier alpha value is -3.88. The summed E-state index contributed by atoms with van der Waals surface area (Å²) in [5.74, 6) is -4.56. The monoisotopic (exact) mass is 425 g/mol. The van der Waals surface area contributed by atoms with E-state index in [9.17, 15) is 18.0 Å². The smallest absolute Gasteiger partial charge is 0.273 e. The van der Waals surface area contributed by atoms with Gasteiger partial charge >= 0.3 is 0 Å². The topological polar surface area (TPSA) is 85.3 Å². The third-order valence-electron chi connectivity index (χ3n) is 4.73. The molecule has 0 saturated heterocycles. The molecule has 0 saturated carbocycles. The summed E-state index contributed by atoms with van der Waals surface area (Å²) in [5, 5.41) is 6.55. The van der Waals surface area contributed by atoms with E-state index in [0.717, 1.165) is 28.8 Å². The average Bonchev–Trinajstić information content (AvgIpc) is 3.06. The van der Waals surface area contributed by atoms with Gasteiger partial charge in [0.2, 0.25) is 11.9 Å². The zero-order chi connectivity index (χ0) is 22.2. The summed E-state index contributed by atoms with van der Waals surface area (Å²) < 4.78 is 42.0. The molecule has 3 N–H and O–H groups in total. The Balaban J connectivity index is 1.43. The lowest BCUT2D eigenvalue weighted by molar-refractivity contribution is -0.115. The molecule has 6 nitrogen and oxygen atoms in total. The van der Waals surface area contributed by atoms with Crippen molar-refractivity contribution in [2.24, 2.45) is 0 Å². The minimum Gasteiger partial charge on any atom is -0.366 e. The molecule has 0 atom stereocenters. The SMILES string of the molecule is CC(F)(F)c1ccc(NC(=O)Cc2ccc(-c3ccn4nc(N)nc4c3)cc2)cc1F. The number of carbonyl (C=O) groups is 1. The van der Waals surface area contributed by atoms with E-state index in [-0.39, 0.29) is 24.0 Å². The standard InChI is InChI=1S/C22H18F3N5O/c1-22(24,25)17-7-6-16(12-18(17)23)27-20(31)10-13-2-4-14(5-3-13)15-8-9-30-19(11-15)28-21(26)29-30/h2-9,11-12H,10H2,1H3,(H2,26,29)(H,27,31). The highest BCUT2D eigenvalue weighted by Gasteiger charge is 2.28. The second-order valence-electron chi connectivity index (χ2n) is 7.19. The number of alkyl halides is 2. The van der Waals surface area contributed by atoms with Crippen LogP contribution in [-0.2, 0) is 17.1 Å². The van der Waals surface area contributed by atoms with Gasteiger partial charge in [0, 0.05) is 18.8 Å². The average molecular weight is 425 g/mol. The molecular weight excluding hydrogens is 407 g/mol. The first-order chi connectivity index (χ1) is 14.7. The van der Waals surface area contributed by atoms with Crippen LogP contribution in [0.25, 0.3) is 16.8 Å². The summed E-state index contributed by atoms with van der Waals surface area (Å²) in [6, 6.07) is 14.2. The molecule has 0 aliphatic heterocycles. The van der Waals surface area contributed by atoms with Crippen LogP contribution in [0.3, 0.4) is 0 Å². The summed E-state index contributed by atoms with van der Waals surface area (Å²) in [6.07, 6.45) is 1.81. The largest absolute Gasteiger partial charge is 0.366 e. The van der Waals surface area contributed by atoms with Gasteiger partial charge in [0.15, 0.2) is 5.65 Å². The fourth-order valence-electron chi connectivity index (χ4n) is 3.23. The molecule has 0 unspecified atom stereocenters. The number of nitrogen functional groups attached to an aromatic ring is 1. The number of hydrogen-bond acceptors (Lipinski definition) is 4. The van der Waals surface area contributed by atoms with Crippen molar-refractivity contribution >= 4 is 23.2 Å². The lowest BCUT2D eigenvalue weighted by Gasteiger charge is -2.13. The Bertz CT molecular complexity index is 1260. The highest BCUT2D eigenvalue weighted by atomic mass is 19.3. The van der Waals surface area contributed by atoms with Gasteiger partial charge in [-0.2, -0.15) is 4.98 Å². The summed E-state index contributed by atoms with van der Waals surface area (Å²) in [6.45, 7) is 0.618. The van der Waals surface area contributed by atoms with Gasteiger partial charge in [-0.25, -0.2) is 17.7 Å². The molecule has 0 bridgehead atoms. The first-order valence-corrected chi connectivity index (χ1v) is 9.38. The molecule has 0 aliphatic carbocycles. The summed E-state index contributed by atoms with van der Waals surface area (Å²) in [4.78, 5) is 16.4. The maximum atomic E-state index is 13.9. The number of halogens is 3. The number of amides is 1. The Kier molecular flexibility index (Phi) is 5.10. The van der Waals surface area contributed by atoms with E-state index in [0.29, 0.717) is 12.6 Å². The van der Waals surface area contributed by atoms with Crippen molar-refractivity contribution in [2.45, 2.75) is 19.3 Å². The number of nitrogens with two attached hydrogens (primary N) is 1. The number of aromatic nitrogens is 3. The predicted octanol–water partition coefficient (Wildman–Crippen LogP) is 4.41. The van der Waals surface area contributed by atoms with Gasteiger partial charge < -0.3 is 11.1 Å². The molecule has 2 aromatic carbocycles. The van der Waals surface area contributed by atoms with E-state index in [1.165, 1.54) is 6.07 Å². The van der Waals surface area contributed by atoms with Crippen LogP contribution in [0.4, 0.5) is 24.8 Å². The fourth-order valence-corrected chi connectivity index (χ4v) is 3.23. The van der Waals surface area contributed by atoms with Crippen molar-refractivity contribution in [1.29, 1.82) is 0 Å². The van der Waals surface area contributed by atoms with Crippen LogP contribution in [0.1, 0.15) is 18.1 Å². The maximum absolute atomic E-state index is 13.9. The minimum absolute atomic E-state index is 0.0489. The number of nitrogens with zero attached hydrogens (tertiary/aromatic N) is 3. The van der Waals surface area contributed by atoms with Gasteiger partial charge in [-0.15, -0.1) is 5.10 Å². The molecule has 0 aliphatic rings. The molecule has 2 aromatic heterocycles. The van der Waals surface area contributed by atoms with Crippen molar-refractivity contribution < 1.29 is 18.0 Å².